The summed E-state index contributed by atoms with van der Waals surface area (Å²) >= 11 is 0. The molecule has 2 aromatic heterocycles. The Labute approximate surface area is 117 Å². The van der Waals surface area contributed by atoms with Crippen LogP contribution in [-0.2, 0) is 0 Å². The molecular weight excluding hydrogens is 250 g/mol. The van der Waals surface area contributed by atoms with Gasteiger partial charge in [0.05, 0.1) is 5.69 Å². The molecule has 0 aliphatic heterocycles. The van der Waals surface area contributed by atoms with Gasteiger partial charge >= 0.3 is 0 Å². The normalized spacial score (nSPS) is 12.1. The standard InChI is InChI=1S/C15H15N5/c1-11(19-15-6-7-16-10-17-15)12-3-2-4-13(9-12)14-5-8-18-20-14/h2-11H,1H3,(H,18,20)(H,16,17,19)/t11-/m0/s1. The molecule has 1 atom stereocenters. The molecule has 5 nitrogen and oxygen atoms in total. The van der Waals surface area contributed by atoms with E-state index in [1.807, 2.05) is 18.2 Å². The Kier molecular flexibility index (Phi) is 3.41. The number of nitrogens with one attached hydrogen (secondary N) is 2. The maximum Gasteiger partial charge on any atom is 0.129 e. The largest absolute Gasteiger partial charge is 0.363 e. The van der Waals surface area contributed by atoms with E-state index in [2.05, 4.69) is 50.6 Å². The molecule has 0 amide bonds. The summed E-state index contributed by atoms with van der Waals surface area (Å²) in [5.74, 6) is 0.819. The minimum Gasteiger partial charge on any atom is -0.363 e. The number of aromatic amines is 1. The fourth-order valence-corrected chi connectivity index (χ4v) is 2.07. The number of aromatic nitrogens is 4. The van der Waals surface area contributed by atoms with Gasteiger partial charge < -0.3 is 5.32 Å². The van der Waals surface area contributed by atoms with Crippen molar-refractivity contribution >= 4 is 5.82 Å². The van der Waals surface area contributed by atoms with E-state index in [9.17, 15) is 0 Å². The molecule has 0 radical (unpaired) electrons. The Bertz CT molecular complexity index is 664. The van der Waals surface area contributed by atoms with Crippen LogP contribution in [0.3, 0.4) is 0 Å². The van der Waals surface area contributed by atoms with Gasteiger partial charge in [0.2, 0.25) is 0 Å². The fraction of sp³-hybridized carbons (Fsp3) is 0.133. The summed E-state index contributed by atoms with van der Waals surface area (Å²) in [6, 6.07) is 12.3. The van der Waals surface area contributed by atoms with Crippen molar-refractivity contribution in [2.24, 2.45) is 0 Å². The summed E-state index contributed by atoms with van der Waals surface area (Å²) in [5.41, 5.74) is 3.33. The number of benzene rings is 1. The molecule has 0 fully saturated rings. The van der Waals surface area contributed by atoms with E-state index in [-0.39, 0.29) is 6.04 Å². The van der Waals surface area contributed by atoms with Crippen LogP contribution in [0.5, 0.6) is 0 Å². The molecule has 0 spiro atoms. The third-order valence-electron chi connectivity index (χ3n) is 3.14. The first-order chi connectivity index (χ1) is 9.83. The first-order valence-corrected chi connectivity index (χ1v) is 6.45. The van der Waals surface area contributed by atoms with E-state index in [1.165, 1.54) is 11.9 Å². The zero-order valence-corrected chi connectivity index (χ0v) is 11.1. The number of hydrogen-bond acceptors (Lipinski definition) is 4. The van der Waals surface area contributed by atoms with Crippen LogP contribution < -0.4 is 5.32 Å². The van der Waals surface area contributed by atoms with Crippen molar-refractivity contribution in [2.75, 3.05) is 5.32 Å². The summed E-state index contributed by atoms with van der Waals surface area (Å²) in [6.45, 7) is 2.11. The van der Waals surface area contributed by atoms with Crippen LogP contribution in [-0.4, -0.2) is 20.2 Å². The molecule has 0 aliphatic carbocycles. The lowest BCUT2D eigenvalue weighted by molar-refractivity contribution is 0.872. The maximum atomic E-state index is 4.18. The molecule has 0 saturated heterocycles. The van der Waals surface area contributed by atoms with Gasteiger partial charge in [-0.2, -0.15) is 5.10 Å². The second-order valence-corrected chi connectivity index (χ2v) is 4.56. The molecule has 2 heterocycles. The van der Waals surface area contributed by atoms with Crippen molar-refractivity contribution in [3.05, 3.63) is 60.7 Å². The van der Waals surface area contributed by atoms with E-state index in [0.29, 0.717) is 0 Å². The number of rotatable bonds is 4. The summed E-state index contributed by atoms with van der Waals surface area (Å²) < 4.78 is 0. The van der Waals surface area contributed by atoms with E-state index in [1.54, 1.807) is 12.4 Å². The highest BCUT2D eigenvalue weighted by molar-refractivity contribution is 5.60. The van der Waals surface area contributed by atoms with Gasteiger partial charge in [-0.15, -0.1) is 0 Å². The predicted molar refractivity (Wildman–Crippen MR) is 78.1 cm³/mol. The average Bonchev–Trinajstić information content (AvgIpc) is 3.03. The lowest BCUT2D eigenvalue weighted by Gasteiger charge is -2.15. The molecule has 1 aromatic carbocycles. The van der Waals surface area contributed by atoms with Gasteiger partial charge in [-0.05, 0) is 36.2 Å². The molecule has 2 N–H and O–H groups in total. The summed E-state index contributed by atoms with van der Waals surface area (Å²) in [5, 5.41) is 10.3. The second-order valence-electron chi connectivity index (χ2n) is 4.56. The highest BCUT2D eigenvalue weighted by Gasteiger charge is 2.07. The summed E-state index contributed by atoms with van der Waals surface area (Å²) in [6.07, 6.45) is 5.02. The van der Waals surface area contributed by atoms with Crippen molar-refractivity contribution in [3.8, 4) is 11.3 Å². The second kappa shape index (κ2) is 5.52. The van der Waals surface area contributed by atoms with Crippen LogP contribution in [0.2, 0.25) is 0 Å². The average molecular weight is 265 g/mol. The Morgan fingerprint density at radius 3 is 2.85 bits per heavy atom. The van der Waals surface area contributed by atoms with Crippen LogP contribution >= 0.6 is 0 Å². The van der Waals surface area contributed by atoms with Crippen LogP contribution in [0, 0.1) is 0 Å². The van der Waals surface area contributed by atoms with Gasteiger partial charge in [0, 0.05) is 18.4 Å². The lowest BCUT2D eigenvalue weighted by Crippen LogP contribution is -2.07. The molecule has 5 heteroatoms. The molecule has 20 heavy (non-hydrogen) atoms. The number of anilines is 1. The van der Waals surface area contributed by atoms with Crippen molar-refractivity contribution < 1.29 is 0 Å². The molecule has 0 saturated carbocycles. The molecule has 100 valence electrons. The number of hydrogen-bond donors (Lipinski definition) is 2. The first kappa shape index (κ1) is 12.3. The zero-order chi connectivity index (χ0) is 13.8. The summed E-state index contributed by atoms with van der Waals surface area (Å²) in [4.78, 5) is 8.09. The smallest absolute Gasteiger partial charge is 0.129 e. The van der Waals surface area contributed by atoms with Gasteiger partial charge in [-0.1, -0.05) is 18.2 Å². The van der Waals surface area contributed by atoms with E-state index in [4.69, 9.17) is 0 Å². The van der Waals surface area contributed by atoms with Crippen LogP contribution in [0.25, 0.3) is 11.3 Å². The van der Waals surface area contributed by atoms with Gasteiger partial charge in [-0.3, -0.25) is 5.10 Å². The van der Waals surface area contributed by atoms with E-state index >= 15 is 0 Å². The minimum atomic E-state index is 0.160. The molecule has 0 bridgehead atoms. The highest BCUT2D eigenvalue weighted by atomic mass is 15.1. The Morgan fingerprint density at radius 2 is 2.10 bits per heavy atom. The van der Waals surface area contributed by atoms with Gasteiger partial charge in [0.15, 0.2) is 0 Å². The molecular formula is C15H15N5. The predicted octanol–water partition coefficient (Wildman–Crippen LogP) is 3.04. The maximum absolute atomic E-state index is 4.18. The first-order valence-electron chi connectivity index (χ1n) is 6.45. The van der Waals surface area contributed by atoms with Crippen molar-refractivity contribution in [2.45, 2.75) is 13.0 Å². The molecule has 3 aromatic rings. The topological polar surface area (TPSA) is 66.5 Å². The van der Waals surface area contributed by atoms with Crippen molar-refractivity contribution in [3.63, 3.8) is 0 Å². The van der Waals surface area contributed by atoms with Gasteiger partial charge in [0.25, 0.3) is 0 Å². The Hall–Kier alpha value is -2.69. The van der Waals surface area contributed by atoms with Crippen molar-refractivity contribution in [1.29, 1.82) is 0 Å². The number of H-pyrrole nitrogens is 1. The minimum absolute atomic E-state index is 0.160. The van der Waals surface area contributed by atoms with E-state index < -0.39 is 0 Å². The zero-order valence-electron chi connectivity index (χ0n) is 11.1. The van der Waals surface area contributed by atoms with Gasteiger partial charge in [0.1, 0.15) is 12.1 Å². The lowest BCUT2D eigenvalue weighted by atomic mass is 10.0. The van der Waals surface area contributed by atoms with Crippen molar-refractivity contribution in [1.82, 2.24) is 20.2 Å². The van der Waals surface area contributed by atoms with Gasteiger partial charge in [-0.25, -0.2) is 9.97 Å². The van der Waals surface area contributed by atoms with E-state index in [0.717, 1.165) is 17.1 Å². The van der Waals surface area contributed by atoms with Crippen LogP contribution in [0.15, 0.2) is 55.1 Å². The Morgan fingerprint density at radius 1 is 1.15 bits per heavy atom. The quantitative estimate of drug-likeness (QED) is 0.761. The van der Waals surface area contributed by atoms with Crippen LogP contribution in [0.4, 0.5) is 5.82 Å². The third kappa shape index (κ3) is 2.66. The fourth-order valence-electron chi connectivity index (χ4n) is 2.07. The van der Waals surface area contributed by atoms with Crippen LogP contribution in [0.1, 0.15) is 18.5 Å². The highest BCUT2D eigenvalue weighted by Crippen LogP contribution is 2.23. The third-order valence-corrected chi connectivity index (χ3v) is 3.14. The molecule has 0 unspecified atom stereocenters. The SMILES string of the molecule is C[C@H](Nc1ccncn1)c1cccc(-c2ccn[nH]2)c1. The molecule has 3 rings (SSSR count). The summed E-state index contributed by atoms with van der Waals surface area (Å²) in [7, 11) is 0. The number of nitrogens with zero attached hydrogens (tertiary/aromatic N) is 3. The Balaban J connectivity index is 1.82. The molecule has 0 aliphatic rings. The monoisotopic (exact) mass is 265 g/mol.